The van der Waals surface area contributed by atoms with Crippen molar-refractivity contribution < 1.29 is 53.0 Å². The molecule has 0 saturated carbocycles. The lowest BCUT2D eigenvalue weighted by Crippen LogP contribution is -2.17. The molecule has 0 spiro atoms. The molecule has 15 heteroatoms. The van der Waals surface area contributed by atoms with Gasteiger partial charge in [0.1, 0.15) is 19.0 Å². The quantitative estimate of drug-likeness (QED) is 0.0853. The van der Waals surface area contributed by atoms with Gasteiger partial charge in [0, 0.05) is 59.7 Å². The molecule has 0 aromatic rings. The minimum Gasteiger partial charge on any atom is -0.511 e. The summed E-state index contributed by atoms with van der Waals surface area (Å²) in [4.78, 5) is 38.9. The summed E-state index contributed by atoms with van der Waals surface area (Å²) in [5.41, 5.74) is 12.9. The van der Waals surface area contributed by atoms with E-state index in [-0.39, 0.29) is 62.4 Å². The first kappa shape index (κ1) is 45.7. The van der Waals surface area contributed by atoms with Crippen molar-refractivity contribution in [2.75, 3.05) is 85.9 Å². The van der Waals surface area contributed by atoms with E-state index in [0.29, 0.717) is 78.0 Å². The number of carbonyl (C=O) groups is 2. The lowest BCUT2D eigenvalue weighted by Gasteiger charge is -2.17. The molecule has 8 bridgehead atoms. The second-order valence-electron chi connectivity index (χ2n) is 15.4. The average molecular weight is 845 g/mol. The number of esters is 2. The van der Waals surface area contributed by atoms with Crippen LogP contribution in [-0.2, 0) is 42.7 Å². The zero-order valence-electron chi connectivity index (χ0n) is 36.3. The van der Waals surface area contributed by atoms with Crippen LogP contribution in [0.15, 0.2) is 106 Å². The molecule has 1 saturated heterocycles. The van der Waals surface area contributed by atoms with Crippen LogP contribution in [0.1, 0.15) is 67.2 Å². The molecule has 3 N–H and O–H groups in total. The van der Waals surface area contributed by atoms with Crippen molar-refractivity contribution in [1.29, 1.82) is 0 Å². The Balaban J connectivity index is 1.000. The number of aliphatic hydroxyl groups excluding tert-OH is 2. The zero-order chi connectivity index (χ0) is 43.5. The number of carbonyl (C=O) groups excluding carboxylic acids is 2. The summed E-state index contributed by atoms with van der Waals surface area (Å²) in [6.07, 6.45) is 7.84. The van der Waals surface area contributed by atoms with Crippen LogP contribution in [0, 0.1) is 11.8 Å². The number of aliphatic hydroxyl groups is 2. The smallest absolute Gasteiger partial charge is 0.305 e. The highest BCUT2D eigenvalue weighted by Gasteiger charge is 2.41. The van der Waals surface area contributed by atoms with Gasteiger partial charge in [-0.3, -0.25) is 9.59 Å². The summed E-state index contributed by atoms with van der Waals surface area (Å²) in [6, 6.07) is 0. The summed E-state index contributed by atoms with van der Waals surface area (Å²) in [5, 5.41) is 25.5. The molecule has 6 aliphatic rings. The summed E-state index contributed by atoms with van der Waals surface area (Å²) in [7, 11) is 0. The maximum atomic E-state index is 13.1. The Morgan fingerprint density at radius 3 is 1.85 bits per heavy atom. The normalized spacial score (nSPS) is 20.6. The van der Waals surface area contributed by atoms with E-state index in [1.54, 1.807) is 0 Å². The van der Waals surface area contributed by atoms with Crippen LogP contribution in [0.2, 0.25) is 0 Å². The number of allylic oxidation sites excluding steroid dienone is 11. The van der Waals surface area contributed by atoms with Crippen LogP contribution >= 0.6 is 0 Å². The predicted octanol–water partition coefficient (Wildman–Crippen LogP) is 5.62. The topological polar surface area (TPSA) is 188 Å². The van der Waals surface area contributed by atoms with Gasteiger partial charge in [0.2, 0.25) is 0 Å². The Hall–Kier alpha value is -4.77. The van der Waals surface area contributed by atoms with Gasteiger partial charge in [-0.05, 0) is 74.1 Å². The number of ether oxygens (including phenoxy) is 7. The monoisotopic (exact) mass is 844 g/mol. The summed E-state index contributed by atoms with van der Waals surface area (Å²) in [5.74, 6) is -0.468. The van der Waals surface area contributed by atoms with E-state index in [9.17, 15) is 19.8 Å². The maximum Gasteiger partial charge on any atom is 0.305 e. The van der Waals surface area contributed by atoms with Crippen LogP contribution in [-0.4, -0.2) is 125 Å². The highest BCUT2D eigenvalue weighted by atomic mass is 16.6. The number of rotatable bonds is 23. The van der Waals surface area contributed by atoms with Crippen molar-refractivity contribution in [3.05, 3.63) is 91.5 Å². The van der Waals surface area contributed by atoms with Gasteiger partial charge in [0.05, 0.1) is 107 Å². The second-order valence-corrected chi connectivity index (χ2v) is 15.4. The first-order valence-electron chi connectivity index (χ1n) is 21.3. The number of nitrogens with one attached hydrogen (secondary N) is 1. The van der Waals surface area contributed by atoms with Gasteiger partial charge in [0.15, 0.2) is 0 Å². The highest BCUT2D eigenvalue weighted by molar-refractivity contribution is 6.21. The minimum absolute atomic E-state index is 0.0207. The number of aliphatic imine (C=N–C) groups is 3. The van der Waals surface area contributed by atoms with Gasteiger partial charge in [-0.15, -0.1) is 0 Å². The van der Waals surface area contributed by atoms with Crippen molar-refractivity contribution in [2.24, 2.45) is 26.8 Å². The van der Waals surface area contributed by atoms with Crippen LogP contribution in [0.3, 0.4) is 0 Å². The second kappa shape index (κ2) is 21.8. The Morgan fingerprint density at radius 1 is 0.738 bits per heavy atom. The molecule has 15 nitrogen and oxygen atoms in total. The maximum absolute atomic E-state index is 13.1. The van der Waals surface area contributed by atoms with Gasteiger partial charge < -0.3 is 48.7 Å². The zero-order valence-corrected chi connectivity index (χ0v) is 36.3. The SMILES string of the molecule is CCC1=C(C)C2=NC1=CC1=C(C)C3=C(O)CC(=C4NC(=CC5=NC(=C2)C(CO)=C5C)[C@@H](C)[C@@H]4CCC(=O)OCCOCCOCCOCCOCCOCCOC(C)=O)C3=N1. The summed E-state index contributed by atoms with van der Waals surface area (Å²) < 4.78 is 37.7. The summed E-state index contributed by atoms with van der Waals surface area (Å²) in [6.45, 7) is 15.7. The molecule has 6 rings (SSSR count). The van der Waals surface area contributed by atoms with E-state index in [0.717, 1.165) is 85.4 Å². The van der Waals surface area contributed by atoms with Gasteiger partial charge in [0.25, 0.3) is 0 Å². The molecule has 0 aromatic carbocycles. The molecule has 0 unspecified atom stereocenters. The van der Waals surface area contributed by atoms with Crippen molar-refractivity contribution in [1.82, 2.24) is 5.32 Å². The first-order chi connectivity index (χ1) is 29.5. The van der Waals surface area contributed by atoms with Gasteiger partial charge in [-0.2, -0.15) is 0 Å². The number of fused-ring (bicyclic) bond motifs is 5. The molecule has 5 aliphatic heterocycles. The Bertz CT molecular complexity index is 2080. The van der Waals surface area contributed by atoms with E-state index in [1.807, 2.05) is 32.1 Å². The highest BCUT2D eigenvalue weighted by Crippen LogP contribution is 2.46. The molecule has 5 heterocycles. The third-order valence-corrected chi connectivity index (χ3v) is 11.5. The fourth-order valence-corrected chi connectivity index (χ4v) is 8.14. The van der Waals surface area contributed by atoms with E-state index in [1.165, 1.54) is 6.92 Å². The van der Waals surface area contributed by atoms with Crippen molar-refractivity contribution >= 4 is 29.1 Å². The lowest BCUT2D eigenvalue weighted by atomic mass is 9.86. The molecule has 61 heavy (non-hydrogen) atoms. The van der Waals surface area contributed by atoms with E-state index in [2.05, 4.69) is 26.1 Å². The van der Waals surface area contributed by atoms with Crippen LogP contribution in [0.4, 0.5) is 0 Å². The molecule has 0 radical (unpaired) electrons. The Labute approximate surface area is 358 Å². The van der Waals surface area contributed by atoms with Gasteiger partial charge in [-0.1, -0.05) is 13.8 Å². The standard InChI is InChI=1S/C46H60N4O11/c1-7-32-27(2)37-24-41-35(26-51)29(4)36(48-41)23-38-28(3)33(45(49-38)34-22-42(53)44-30(5)39(50-46(34)44)25-40(32)47-37)8-9-43(54)61-21-19-59-17-15-57-13-11-55-10-12-56-14-16-58-18-20-60-31(6)52/h23-25,28,33,49,51,53H,7-22,26H2,1-6H3/t28-,33-/m0/s1. The van der Waals surface area contributed by atoms with Crippen LogP contribution in [0.5, 0.6) is 0 Å². The molecule has 0 amide bonds. The number of nitrogens with zero attached hydrogens (tertiary/aromatic N) is 3. The largest absolute Gasteiger partial charge is 0.511 e. The van der Waals surface area contributed by atoms with Crippen molar-refractivity contribution in [3.63, 3.8) is 0 Å². The molecule has 330 valence electrons. The summed E-state index contributed by atoms with van der Waals surface area (Å²) >= 11 is 0. The van der Waals surface area contributed by atoms with Gasteiger partial charge in [-0.25, -0.2) is 15.0 Å². The fraction of sp³-hybridized carbons (Fsp3) is 0.543. The molecule has 1 fully saturated rings. The lowest BCUT2D eigenvalue weighted by molar-refractivity contribution is -0.145. The van der Waals surface area contributed by atoms with Crippen LogP contribution < -0.4 is 5.32 Å². The third kappa shape index (κ3) is 11.2. The van der Waals surface area contributed by atoms with Crippen molar-refractivity contribution in [3.8, 4) is 0 Å². The van der Waals surface area contributed by atoms with Gasteiger partial charge >= 0.3 is 11.9 Å². The fourth-order valence-electron chi connectivity index (χ4n) is 8.14. The minimum atomic E-state index is -0.327. The number of hydrogen-bond acceptors (Lipinski definition) is 15. The van der Waals surface area contributed by atoms with E-state index < -0.39 is 0 Å². The Kier molecular flexibility index (Phi) is 16.4. The molecular weight excluding hydrogens is 785 g/mol. The third-order valence-electron chi connectivity index (χ3n) is 11.5. The molecular formula is C46H60N4O11. The molecule has 0 aromatic heterocycles. The average Bonchev–Trinajstić information content (AvgIpc) is 3.99. The van der Waals surface area contributed by atoms with Crippen molar-refractivity contribution in [2.45, 2.75) is 67.2 Å². The van der Waals surface area contributed by atoms with E-state index in [4.69, 9.17) is 48.1 Å². The molecule has 1 aliphatic carbocycles. The van der Waals surface area contributed by atoms with E-state index >= 15 is 0 Å². The first-order valence-corrected chi connectivity index (χ1v) is 21.3. The molecule has 2 atom stereocenters. The Morgan fingerprint density at radius 2 is 1.28 bits per heavy atom. The predicted molar refractivity (Wildman–Crippen MR) is 230 cm³/mol. The number of hydrogen-bond donors (Lipinski definition) is 3. The van der Waals surface area contributed by atoms with Crippen LogP contribution in [0.25, 0.3) is 0 Å².